The number of aromatic nitrogens is 3. The number of benzene rings is 3. The minimum atomic E-state index is -1.15. The lowest BCUT2D eigenvalue weighted by molar-refractivity contribution is 0.0571. The zero-order valence-corrected chi connectivity index (χ0v) is 23.9. The Morgan fingerprint density at radius 1 is 1.12 bits per heavy atom. The summed E-state index contributed by atoms with van der Waals surface area (Å²) in [7, 11) is 0. The first-order valence-electron chi connectivity index (χ1n) is 13.8. The molecule has 3 N–H and O–H groups in total. The van der Waals surface area contributed by atoms with Gasteiger partial charge in [0, 0.05) is 29.3 Å². The van der Waals surface area contributed by atoms with E-state index in [1.165, 1.54) is 22.9 Å². The van der Waals surface area contributed by atoms with Crippen LogP contribution in [0.25, 0.3) is 33.3 Å². The number of nitrogens with two attached hydrogens (primary N) is 1. The van der Waals surface area contributed by atoms with Crippen LogP contribution in [0.2, 0.25) is 5.02 Å². The maximum Gasteiger partial charge on any atom is 0.254 e. The van der Waals surface area contributed by atoms with E-state index in [1.807, 2.05) is 11.0 Å². The van der Waals surface area contributed by atoms with Crippen LogP contribution in [0.1, 0.15) is 55.5 Å². The average molecular weight is 591 g/mol. The van der Waals surface area contributed by atoms with Crippen molar-refractivity contribution in [3.63, 3.8) is 0 Å². The largest absolute Gasteiger partial charge is 0.389 e. The fourth-order valence-electron chi connectivity index (χ4n) is 6.37. The second kappa shape index (κ2) is 10.4. The molecular formula is C31H29ClF2N6O2. The Kier molecular flexibility index (Phi) is 7.00. The van der Waals surface area contributed by atoms with Gasteiger partial charge in [-0.2, -0.15) is 5.26 Å². The summed E-state index contributed by atoms with van der Waals surface area (Å²) in [5.41, 5.74) is 7.06. The van der Waals surface area contributed by atoms with E-state index in [2.05, 4.69) is 10.3 Å². The highest BCUT2D eigenvalue weighted by atomic mass is 35.5. The second-order valence-corrected chi connectivity index (χ2v) is 12.3. The van der Waals surface area contributed by atoms with E-state index >= 15 is 4.39 Å². The van der Waals surface area contributed by atoms with Crippen molar-refractivity contribution in [1.29, 1.82) is 5.26 Å². The molecular weight excluding hydrogens is 562 g/mol. The van der Waals surface area contributed by atoms with Crippen molar-refractivity contribution < 1.29 is 18.7 Å². The van der Waals surface area contributed by atoms with Crippen LogP contribution >= 0.6 is 11.6 Å². The smallest absolute Gasteiger partial charge is 0.254 e. The molecule has 2 aliphatic rings. The molecule has 3 aromatic carbocycles. The number of amides is 1. The monoisotopic (exact) mass is 590 g/mol. The van der Waals surface area contributed by atoms with Crippen LogP contribution in [0.4, 0.5) is 8.78 Å². The van der Waals surface area contributed by atoms with Crippen molar-refractivity contribution in [3.8, 4) is 28.3 Å². The fourth-order valence-corrected chi connectivity index (χ4v) is 6.67. The molecule has 0 saturated carbocycles. The van der Waals surface area contributed by atoms with Crippen LogP contribution in [-0.4, -0.2) is 54.6 Å². The van der Waals surface area contributed by atoms with Gasteiger partial charge in [-0.1, -0.05) is 28.9 Å². The number of piperidine rings is 1. The lowest BCUT2D eigenvalue weighted by atomic mass is 9.90. The molecule has 1 aromatic heterocycles. The predicted molar refractivity (Wildman–Crippen MR) is 155 cm³/mol. The summed E-state index contributed by atoms with van der Waals surface area (Å²) in [6.45, 7) is 3.22. The lowest BCUT2D eigenvalue weighted by Gasteiger charge is -2.38. The third-order valence-electron chi connectivity index (χ3n) is 8.18. The van der Waals surface area contributed by atoms with Crippen molar-refractivity contribution in [2.75, 3.05) is 0 Å². The predicted octanol–water partition coefficient (Wildman–Crippen LogP) is 5.43. The minimum absolute atomic E-state index is 0.0397. The molecule has 2 saturated heterocycles. The third kappa shape index (κ3) is 4.91. The first kappa shape index (κ1) is 28.2. The van der Waals surface area contributed by atoms with E-state index in [9.17, 15) is 19.6 Å². The molecule has 2 fully saturated rings. The normalized spacial score (nSPS) is 20.2. The molecule has 0 aliphatic carbocycles. The Bertz CT molecular complexity index is 1760. The highest BCUT2D eigenvalue weighted by Gasteiger charge is 2.42. The zero-order chi connectivity index (χ0) is 29.9. The summed E-state index contributed by atoms with van der Waals surface area (Å²) in [5, 5.41) is 27.5. The third-order valence-corrected chi connectivity index (χ3v) is 8.52. The first-order chi connectivity index (χ1) is 19.9. The quantitative estimate of drug-likeness (QED) is 0.319. The molecule has 2 unspecified atom stereocenters. The highest BCUT2D eigenvalue weighted by Crippen LogP contribution is 2.41. The molecule has 4 aromatic rings. The van der Waals surface area contributed by atoms with Crippen molar-refractivity contribution in [3.05, 3.63) is 70.2 Å². The van der Waals surface area contributed by atoms with Crippen molar-refractivity contribution in [2.45, 2.75) is 69.8 Å². The number of carbonyl (C=O) groups excluding carboxylic acids is 1. The number of halogens is 3. The zero-order valence-electron chi connectivity index (χ0n) is 23.1. The van der Waals surface area contributed by atoms with Crippen LogP contribution in [0, 0.1) is 23.0 Å². The molecule has 42 heavy (non-hydrogen) atoms. The number of rotatable bonds is 5. The minimum Gasteiger partial charge on any atom is -0.389 e. The molecule has 1 amide bonds. The second-order valence-electron chi connectivity index (χ2n) is 11.9. The molecule has 2 atom stereocenters. The van der Waals surface area contributed by atoms with Crippen molar-refractivity contribution >= 4 is 28.5 Å². The standard InChI is InChI=1S/C31H29ClF2N6O2/c1-31(2,42)15-39-29-26(37-38-39)13-24(28(34)27(29)32)22-8-5-17(9-23(22)16-3-4-18(14-35)25(33)10-16)30(41)40-20-6-7-21(40)12-19(36)11-20/h3-5,8-10,13,19-21,42H,6-7,11-12,15,36H2,1-2H3. The van der Waals surface area contributed by atoms with Crippen LogP contribution < -0.4 is 5.73 Å². The van der Waals surface area contributed by atoms with Gasteiger partial charge in [0.25, 0.3) is 5.91 Å². The van der Waals surface area contributed by atoms with Gasteiger partial charge < -0.3 is 15.7 Å². The topological polar surface area (TPSA) is 121 Å². The van der Waals surface area contributed by atoms with E-state index in [0.29, 0.717) is 27.8 Å². The summed E-state index contributed by atoms with van der Waals surface area (Å²) < 4.78 is 32.2. The Morgan fingerprint density at radius 3 is 2.48 bits per heavy atom. The number of carbonyl (C=O) groups is 1. The molecule has 216 valence electrons. The van der Waals surface area contributed by atoms with Gasteiger partial charge in [0.2, 0.25) is 0 Å². The molecule has 11 heteroatoms. The first-order valence-corrected chi connectivity index (χ1v) is 14.2. The van der Waals surface area contributed by atoms with E-state index in [0.717, 1.165) is 25.7 Å². The van der Waals surface area contributed by atoms with Crippen LogP contribution in [0.15, 0.2) is 42.5 Å². The summed E-state index contributed by atoms with van der Waals surface area (Å²) in [6.07, 6.45) is 3.28. The Morgan fingerprint density at radius 2 is 1.83 bits per heavy atom. The number of nitriles is 1. The van der Waals surface area contributed by atoms with E-state index in [4.69, 9.17) is 17.3 Å². The number of aliphatic hydroxyl groups is 1. The van der Waals surface area contributed by atoms with Gasteiger partial charge in [-0.05, 0) is 86.6 Å². The molecule has 3 heterocycles. The number of fused-ring (bicyclic) bond motifs is 3. The average Bonchev–Trinajstić information content (AvgIpc) is 3.46. The Balaban J connectivity index is 1.50. The summed E-state index contributed by atoms with van der Waals surface area (Å²) in [6, 6.07) is 12.5. The number of nitrogens with zero attached hydrogens (tertiary/aromatic N) is 5. The molecule has 2 aliphatic heterocycles. The molecule has 0 radical (unpaired) electrons. The van der Waals surface area contributed by atoms with E-state index < -0.39 is 17.2 Å². The molecule has 2 bridgehead atoms. The van der Waals surface area contributed by atoms with Gasteiger partial charge in [0.1, 0.15) is 27.9 Å². The van der Waals surface area contributed by atoms with Gasteiger partial charge in [-0.25, -0.2) is 13.5 Å². The van der Waals surface area contributed by atoms with Gasteiger partial charge >= 0.3 is 0 Å². The van der Waals surface area contributed by atoms with Crippen molar-refractivity contribution in [2.24, 2.45) is 5.73 Å². The van der Waals surface area contributed by atoms with Crippen molar-refractivity contribution in [1.82, 2.24) is 19.9 Å². The maximum atomic E-state index is 16.0. The van der Waals surface area contributed by atoms with Crippen LogP contribution in [0.5, 0.6) is 0 Å². The Hall–Kier alpha value is -3.91. The lowest BCUT2D eigenvalue weighted by Crippen LogP contribution is -2.50. The van der Waals surface area contributed by atoms with Gasteiger partial charge in [0.15, 0.2) is 5.82 Å². The van der Waals surface area contributed by atoms with E-state index in [1.54, 1.807) is 38.1 Å². The maximum absolute atomic E-state index is 16.0. The highest BCUT2D eigenvalue weighted by molar-refractivity contribution is 6.35. The van der Waals surface area contributed by atoms with Crippen LogP contribution in [-0.2, 0) is 6.54 Å². The summed E-state index contributed by atoms with van der Waals surface area (Å²) in [4.78, 5) is 15.7. The van der Waals surface area contributed by atoms with Gasteiger partial charge in [-0.3, -0.25) is 4.79 Å². The SMILES string of the molecule is CC(C)(O)Cn1nnc2cc(-c3ccc(C(=O)N4C5CCC4CC(N)C5)cc3-c3ccc(C#N)c(F)c3)c(F)c(Cl)c21. The van der Waals surface area contributed by atoms with Gasteiger partial charge in [-0.15, -0.1) is 5.10 Å². The molecule has 6 rings (SSSR count). The number of hydrogen-bond donors (Lipinski definition) is 2. The molecule has 0 spiro atoms. The van der Waals surface area contributed by atoms with E-state index in [-0.39, 0.29) is 52.2 Å². The summed E-state index contributed by atoms with van der Waals surface area (Å²) in [5.74, 6) is -1.63. The number of hydrogen-bond acceptors (Lipinski definition) is 6. The van der Waals surface area contributed by atoms with Crippen LogP contribution in [0.3, 0.4) is 0 Å². The Labute approximate surface area is 246 Å². The molecule has 8 nitrogen and oxygen atoms in total. The fraction of sp³-hybridized carbons (Fsp3) is 0.355. The summed E-state index contributed by atoms with van der Waals surface area (Å²) >= 11 is 6.53. The van der Waals surface area contributed by atoms with Gasteiger partial charge in [0.05, 0.1) is 17.7 Å².